The van der Waals surface area contributed by atoms with Gasteiger partial charge in [-0.15, -0.1) is 11.3 Å². The Labute approximate surface area is 121 Å². The molecule has 104 valence electrons. The smallest absolute Gasteiger partial charge is 0.349 e. The number of nitrogens with one attached hydrogen (secondary N) is 1. The minimum absolute atomic E-state index is 0.349. The third-order valence-electron chi connectivity index (χ3n) is 2.64. The summed E-state index contributed by atoms with van der Waals surface area (Å²) in [7, 11) is 0. The molecule has 1 unspecified atom stereocenters. The number of para-hydroxylation sites is 1. The number of rotatable bonds is 4. The molecule has 0 spiro atoms. The Bertz CT molecular complexity index is 607. The third-order valence-corrected chi connectivity index (χ3v) is 3.62. The van der Waals surface area contributed by atoms with Crippen molar-refractivity contribution < 1.29 is 14.3 Å². The van der Waals surface area contributed by atoms with Gasteiger partial charge < -0.3 is 10.1 Å². The van der Waals surface area contributed by atoms with Gasteiger partial charge in [-0.3, -0.25) is 4.79 Å². The molecule has 5 heteroatoms. The monoisotopic (exact) mass is 289 g/mol. The van der Waals surface area contributed by atoms with E-state index in [1.165, 1.54) is 11.3 Å². The number of hydrogen-bond acceptors (Lipinski definition) is 4. The number of esters is 1. The summed E-state index contributed by atoms with van der Waals surface area (Å²) in [5.74, 6) is -0.823. The van der Waals surface area contributed by atoms with Crippen LogP contribution < -0.4 is 5.32 Å². The Hall–Kier alpha value is -2.14. The van der Waals surface area contributed by atoms with Crippen LogP contribution in [-0.2, 0) is 9.53 Å². The summed E-state index contributed by atoms with van der Waals surface area (Å²) < 4.78 is 5.14. The molecule has 1 heterocycles. The summed E-state index contributed by atoms with van der Waals surface area (Å²) in [5.41, 5.74) is 0.673. The second-order valence-corrected chi connectivity index (χ2v) is 5.60. The van der Waals surface area contributed by atoms with Gasteiger partial charge >= 0.3 is 5.97 Å². The van der Waals surface area contributed by atoms with Gasteiger partial charge in [-0.2, -0.15) is 0 Å². The van der Waals surface area contributed by atoms with Crippen molar-refractivity contribution in [3.63, 3.8) is 0 Å². The highest BCUT2D eigenvalue weighted by Gasteiger charge is 2.19. The van der Waals surface area contributed by atoms with E-state index in [0.717, 1.165) is 4.88 Å². The number of aryl methyl sites for hydroxylation is 1. The first-order chi connectivity index (χ1) is 9.56. The third kappa shape index (κ3) is 3.68. The molecule has 2 rings (SSSR count). The van der Waals surface area contributed by atoms with Gasteiger partial charge in [-0.1, -0.05) is 18.2 Å². The second kappa shape index (κ2) is 6.34. The number of thiophene rings is 1. The molecule has 0 aliphatic heterocycles. The molecule has 1 aromatic heterocycles. The van der Waals surface area contributed by atoms with E-state index in [2.05, 4.69) is 5.32 Å². The summed E-state index contributed by atoms with van der Waals surface area (Å²) in [6, 6.07) is 12.6. The van der Waals surface area contributed by atoms with Crippen LogP contribution in [0.25, 0.3) is 0 Å². The lowest BCUT2D eigenvalue weighted by Crippen LogP contribution is -2.29. The van der Waals surface area contributed by atoms with E-state index in [-0.39, 0.29) is 5.91 Å². The number of hydrogen-bond donors (Lipinski definition) is 1. The van der Waals surface area contributed by atoms with E-state index in [9.17, 15) is 9.59 Å². The second-order valence-electron chi connectivity index (χ2n) is 4.31. The van der Waals surface area contributed by atoms with Crippen molar-refractivity contribution in [1.29, 1.82) is 0 Å². The molecule has 1 amide bonds. The number of carbonyl (C=O) groups is 2. The molecule has 1 N–H and O–H groups in total. The Morgan fingerprint density at radius 3 is 2.45 bits per heavy atom. The standard InChI is InChI=1S/C15H15NO3S/c1-10-8-9-13(20-10)15(18)19-11(2)14(17)16-12-6-4-3-5-7-12/h3-9,11H,1-2H3,(H,16,17). The molecule has 0 bridgehead atoms. The van der Waals surface area contributed by atoms with Crippen molar-refractivity contribution in [3.8, 4) is 0 Å². The molecule has 4 nitrogen and oxygen atoms in total. The van der Waals surface area contributed by atoms with Crippen molar-refractivity contribution >= 4 is 28.9 Å². The Balaban J connectivity index is 1.93. The topological polar surface area (TPSA) is 55.4 Å². The summed E-state index contributed by atoms with van der Waals surface area (Å²) in [6.45, 7) is 3.46. The molecule has 0 fully saturated rings. The van der Waals surface area contributed by atoms with Gasteiger partial charge in [-0.25, -0.2) is 4.79 Å². The maximum absolute atomic E-state index is 11.9. The van der Waals surface area contributed by atoms with Gasteiger partial charge in [0.1, 0.15) is 4.88 Å². The number of amides is 1. The average Bonchev–Trinajstić information content (AvgIpc) is 2.86. The van der Waals surface area contributed by atoms with Crippen LogP contribution in [0.1, 0.15) is 21.5 Å². The first-order valence-corrected chi connectivity index (χ1v) is 7.01. The predicted molar refractivity (Wildman–Crippen MR) is 79.0 cm³/mol. The van der Waals surface area contributed by atoms with Crippen molar-refractivity contribution in [2.75, 3.05) is 5.32 Å². The zero-order chi connectivity index (χ0) is 14.5. The quantitative estimate of drug-likeness (QED) is 0.879. The first kappa shape index (κ1) is 14.3. The van der Waals surface area contributed by atoms with E-state index in [1.807, 2.05) is 31.2 Å². The van der Waals surface area contributed by atoms with Crippen LogP contribution in [0.2, 0.25) is 0 Å². The molecule has 0 saturated carbocycles. The van der Waals surface area contributed by atoms with Crippen molar-refractivity contribution in [2.45, 2.75) is 20.0 Å². The summed E-state index contributed by atoms with van der Waals surface area (Å²) >= 11 is 1.35. The lowest BCUT2D eigenvalue weighted by atomic mass is 10.3. The SMILES string of the molecule is Cc1ccc(C(=O)OC(C)C(=O)Nc2ccccc2)s1. The van der Waals surface area contributed by atoms with Crippen LogP contribution >= 0.6 is 11.3 Å². The van der Waals surface area contributed by atoms with Crippen LogP contribution in [0, 0.1) is 6.92 Å². The molecule has 0 radical (unpaired) electrons. The van der Waals surface area contributed by atoms with Gasteiger partial charge in [0, 0.05) is 10.6 Å². The lowest BCUT2D eigenvalue weighted by Gasteiger charge is -2.12. The molecular formula is C15H15NO3S. The lowest BCUT2D eigenvalue weighted by molar-refractivity contribution is -0.123. The maximum atomic E-state index is 11.9. The van der Waals surface area contributed by atoms with Crippen molar-refractivity contribution in [1.82, 2.24) is 0 Å². The van der Waals surface area contributed by atoms with Crippen molar-refractivity contribution in [2.24, 2.45) is 0 Å². The molecule has 2 aromatic rings. The molecule has 20 heavy (non-hydrogen) atoms. The van der Waals surface area contributed by atoms with Crippen LogP contribution in [0.3, 0.4) is 0 Å². The predicted octanol–water partition coefficient (Wildman–Crippen LogP) is 3.24. The highest BCUT2D eigenvalue weighted by molar-refractivity contribution is 7.13. The molecule has 1 atom stereocenters. The van der Waals surface area contributed by atoms with Gasteiger partial charge in [0.05, 0.1) is 0 Å². The fourth-order valence-corrected chi connectivity index (χ4v) is 2.33. The van der Waals surface area contributed by atoms with Crippen LogP contribution in [0.15, 0.2) is 42.5 Å². The van der Waals surface area contributed by atoms with Crippen LogP contribution in [0.4, 0.5) is 5.69 Å². The number of anilines is 1. The molecule has 0 aliphatic carbocycles. The van der Waals surface area contributed by atoms with Gasteiger partial charge in [0.25, 0.3) is 5.91 Å². The zero-order valence-corrected chi connectivity index (χ0v) is 12.1. The average molecular weight is 289 g/mol. The molecule has 0 aliphatic rings. The summed E-state index contributed by atoms with van der Waals surface area (Å²) in [4.78, 5) is 25.3. The van der Waals surface area contributed by atoms with Gasteiger partial charge in [0.2, 0.25) is 0 Å². The minimum atomic E-state index is -0.842. The van der Waals surface area contributed by atoms with Crippen LogP contribution in [0.5, 0.6) is 0 Å². The summed E-state index contributed by atoms with van der Waals surface area (Å²) in [6.07, 6.45) is -0.842. The molecular weight excluding hydrogens is 274 g/mol. The normalized spacial score (nSPS) is 11.7. The number of benzene rings is 1. The maximum Gasteiger partial charge on any atom is 0.349 e. The number of ether oxygens (including phenoxy) is 1. The molecule has 0 saturated heterocycles. The minimum Gasteiger partial charge on any atom is -0.448 e. The Kier molecular flexibility index (Phi) is 4.53. The van der Waals surface area contributed by atoms with E-state index < -0.39 is 12.1 Å². The van der Waals surface area contributed by atoms with Gasteiger partial charge in [-0.05, 0) is 38.1 Å². The van der Waals surface area contributed by atoms with E-state index >= 15 is 0 Å². The van der Waals surface area contributed by atoms with E-state index in [0.29, 0.717) is 10.6 Å². The summed E-state index contributed by atoms with van der Waals surface area (Å²) in [5, 5.41) is 2.69. The number of carbonyl (C=O) groups excluding carboxylic acids is 2. The fraction of sp³-hybridized carbons (Fsp3) is 0.200. The first-order valence-electron chi connectivity index (χ1n) is 6.19. The van der Waals surface area contributed by atoms with E-state index in [4.69, 9.17) is 4.74 Å². The highest BCUT2D eigenvalue weighted by Crippen LogP contribution is 2.17. The Morgan fingerprint density at radius 1 is 1.15 bits per heavy atom. The molecule has 1 aromatic carbocycles. The Morgan fingerprint density at radius 2 is 1.85 bits per heavy atom. The largest absolute Gasteiger partial charge is 0.448 e. The van der Waals surface area contributed by atoms with Crippen LogP contribution in [-0.4, -0.2) is 18.0 Å². The fourth-order valence-electron chi connectivity index (χ4n) is 1.58. The van der Waals surface area contributed by atoms with E-state index in [1.54, 1.807) is 25.1 Å². The zero-order valence-electron chi connectivity index (χ0n) is 11.3. The highest BCUT2D eigenvalue weighted by atomic mass is 32.1. The van der Waals surface area contributed by atoms with Crippen molar-refractivity contribution in [3.05, 3.63) is 52.2 Å². The van der Waals surface area contributed by atoms with Gasteiger partial charge in [0.15, 0.2) is 6.10 Å².